The zero-order valence-corrected chi connectivity index (χ0v) is 74.2. The minimum absolute atomic E-state index is 0.0253. The molecule has 0 radical (unpaired) electrons. The van der Waals surface area contributed by atoms with Crippen molar-refractivity contribution in [1.29, 1.82) is 0 Å². The fourth-order valence-electron chi connectivity index (χ4n) is 16.0. The number of likely N-dealkylation sites (tertiary alicyclic amines) is 2. The van der Waals surface area contributed by atoms with E-state index in [1.54, 1.807) is 75.8 Å². The average Bonchev–Trinajstić information content (AvgIpc) is 1.81. The molecule has 2 saturated heterocycles. The number of likely N-dealkylation sites (N-methyl/N-ethyl adjacent to an activating group) is 4. The first-order chi connectivity index (χ1) is 60.6. The number of para-hydroxylation sites is 2. The first-order valence-electron chi connectivity index (χ1n) is 43.5. The van der Waals surface area contributed by atoms with Crippen molar-refractivity contribution in [3.63, 3.8) is 0 Å². The lowest BCUT2D eigenvalue weighted by atomic mass is 9.99. The van der Waals surface area contributed by atoms with E-state index >= 15 is 19.2 Å². The number of unbranched alkanes of at least 4 members (excludes halogenated alkanes) is 2. The predicted octanol–water partition coefficient (Wildman–Crippen LogP) is 0.585. The van der Waals surface area contributed by atoms with Crippen LogP contribution in [-0.4, -0.2) is 289 Å². The molecule has 690 valence electrons. The van der Waals surface area contributed by atoms with Gasteiger partial charge in [0.05, 0.1) is 43.7 Å². The number of carbonyl (C=O) groups excluding carboxylic acids is 16. The van der Waals surface area contributed by atoms with Crippen LogP contribution in [0.3, 0.4) is 0 Å². The number of phenolic OH excluding ortho intramolecular Hbond substituents is 1. The van der Waals surface area contributed by atoms with Gasteiger partial charge in [0.15, 0.2) is 0 Å². The predicted molar refractivity (Wildman–Crippen MR) is 470 cm³/mol. The summed E-state index contributed by atoms with van der Waals surface area (Å²) in [6, 6.07) is 5.04. The minimum atomic E-state index is -1.61. The van der Waals surface area contributed by atoms with Crippen molar-refractivity contribution >= 4 is 117 Å². The molecule has 38 heteroatoms. The summed E-state index contributed by atoms with van der Waals surface area (Å²) in [5.74, 6) is -11.8. The van der Waals surface area contributed by atoms with Gasteiger partial charge in [-0.05, 0) is 112 Å². The number of aromatic amines is 3. The summed E-state index contributed by atoms with van der Waals surface area (Å²) in [5, 5.41) is 49.8. The van der Waals surface area contributed by atoms with Crippen LogP contribution >= 0.6 is 0 Å². The Balaban J connectivity index is 0.987. The Bertz CT molecular complexity index is 4800. The van der Waals surface area contributed by atoms with Crippen LogP contribution in [0.2, 0.25) is 0 Å². The number of hydrogen-bond donors (Lipinski definition) is 16. The number of carbonyl (C=O) groups is 16. The van der Waals surface area contributed by atoms with Crippen molar-refractivity contribution in [1.82, 2.24) is 97.6 Å². The van der Waals surface area contributed by atoms with Gasteiger partial charge < -0.3 is 113 Å². The van der Waals surface area contributed by atoms with Gasteiger partial charge in [0.25, 0.3) is 0 Å². The Hall–Kier alpha value is -12.6. The van der Waals surface area contributed by atoms with Crippen molar-refractivity contribution in [2.45, 2.75) is 236 Å². The van der Waals surface area contributed by atoms with Crippen LogP contribution in [0.4, 0.5) is 0 Å². The molecule has 2 aliphatic heterocycles. The highest BCUT2D eigenvalue weighted by atomic mass is 16.3. The number of fused-ring (bicyclic) bond motifs is 2. The number of H-pyrrole nitrogens is 3. The zero-order chi connectivity index (χ0) is 92.9. The van der Waals surface area contributed by atoms with E-state index in [0.29, 0.717) is 65.3 Å². The molecule has 17 N–H and O–H groups in total. The van der Waals surface area contributed by atoms with Gasteiger partial charge >= 0.3 is 0 Å². The van der Waals surface area contributed by atoms with Gasteiger partial charge in [-0.15, -0.1) is 0 Å². The number of aliphatic hydroxyl groups is 1. The van der Waals surface area contributed by atoms with E-state index in [-0.39, 0.29) is 108 Å². The Morgan fingerprint density at radius 3 is 1.68 bits per heavy atom. The summed E-state index contributed by atoms with van der Waals surface area (Å²) >= 11 is 0. The van der Waals surface area contributed by atoms with E-state index in [1.165, 1.54) is 67.4 Å². The molecule has 3 aromatic heterocycles. The first kappa shape index (κ1) is 99.8. The van der Waals surface area contributed by atoms with E-state index in [2.05, 4.69) is 73.1 Å². The third kappa shape index (κ3) is 28.2. The topological polar surface area (TPSA) is 536 Å². The number of hydrogen-bond acceptors (Lipinski definition) is 20. The summed E-state index contributed by atoms with van der Waals surface area (Å²) in [7, 11) is 5.85. The number of nitrogens with two attached hydrogens (primary N) is 1. The van der Waals surface area contributed by atoms with Crippen molar-refractivity contribution < 1.29 is 86.9 Å². The van der Waals surface area contributed by atoms with Crippen LogP contribution in [0.15, 0.2) is 97.7 Å². The van der Waals surface area contributed by atoms with E-state index in [0.717, 1.165) is 20.7 Å². The maximum absolute atomic E-state index is 15.4. The molecule has 0 aliphatic carbocycles. The standard InChI is InChI=1S/C89H126N20O18/c1-12-14-26-71(82(120)100-64(36-51(3)4)79(117)96-47-76(114)93-33-21-35-110)106(10)89(127)73(27-15-13-2)107(11)86(124)69(40-56-45-95-63-25-19-17-23-61(56)63)99-77(115)48-97-80(118)65(39-55-44-94-62-24-18-16-22-60(55)62)101-84(122)74-42-59(112)49-109(74)88(126)68(37-52(5)6)104-81(119)66(41-57-46-92-50-98-57)102-83(121)72-28-20-34-108(72)87(125)70(43-75(90)113)103-78(116)53(7)105(9)85(123)67(91-8)38-54-29-31-58(111)32-30-54/h16-19,22-25,29-32,35,44-46,50-53,59,64-74,91,94-95,111-112H,12-15,20-21,26-28,33-34,36-43,47-49H2,1-11H3,(H2,90,113)(H,92,98)(H,93,114)(H,96,117)(H,97,118)(H,99,115)(H,100,120)(H,101,122)(H,102,121)(H,103,116)(H,104,119)/t53-,59+,64-,65-,66-,67-,68-,69-,70-,71-,72-,73-,74-/m0/s1. The van der Waals surface area contributed by atoms with Crippen molar-refractivity contribution in [3.8, 4) is 5.75 Å². The number of nitrogens with zero attached hydrogens (tertiary/aromatic N) is 6. The zero-order valence-electron chi connectivity index (χ0n) is 74.2. The molecular weight excluding hydrogens is 1640 g/mol. The number of phenols is 1. The smallest absolute Gasteiger partial charge is 0.246 e. The second-order valence-corrected chi connectivity index (χ2v) is 33.6. The molecule has 0 spiro atoms. The quantitative estimate of drug-likeness (QED) is 0.0183. The first-order valence-corrected chi connectivity index (χ1v) is 43.5. The van der Waals surface area contributed by atoms with E-state index in [9.17, 15) is 67.7 Å². The fraction of sp³-hybridized carbons (Fsp3) is 0.539. The monoisotopic (exact) mass is 1760 g/mol. The van der Waals surface area contributed by atoms with Gasteiger partial charge in [0.2, 0.25) is 88.6 Å². The number of aromatic nitrogens is 4. The summed E-state index contributed by atoms with van der Waals surface area (Å²) in [6.45, 7) is 11.0. The highest BCUT2D eigenvalue weighted by molar-refractivity contribution is 6.01. The number of aliphatic hydroxyl groups excluding tert-OH is 1. The number of amides is 15. The molecule has 6 aromatic rings. The molecule has 15 amide bonds. The minimum Gasteiger partial charge on any atom is -0.508 e. The number of nitrogens with one attached hydrogen (secondary N) is 13. The third-order valence-electron chi connectivity index (χ3n) is 23.1. The van der Waals surface area contributed by atoms with Crippen molar-refractivity contribution in [3.05, 3.63) is 120 Å². The van der Waals surface area contributed by atoms with E-state index in [1.807, 2.05) is 45.9 Å². The molecule has 8 rings (SSSR count). The van der Waals surface area contributed by atoms with E-state index < -0.39 is 193 Å². The fourth-order valence-corrected chi connectivity index (χ4v) is 16.0. The van der Waals surface area contributed by atoms with Gasteiger partial charge in [-0.25, -0.2) is 4.98 Å². The van der Waals surface area contributed by atoms with Crippen molar-refractivity contribution in [2.24, 2.45) is 17.6 Å². The van der Waals surface area contributed by atoms with Crippen LogP contribution in [0.25, 0.3) is 21.8 Å². The molecule has 38 nitrogen and oxygen atoms in total. The van der Waals surface area contributed by atoms with Crippen LogP contribution in [-0.2, 0) is 102 Å². The Labute approximate surface area is 738 Å². The molecule has 0 unspecified atom stereocenters. The van der Waals surface area contributed by atoms with Gasteiger partial charge in [0.1, 0.15) is 78.5 Å². The highest BCUT2D eigenvalue weighted by Gasteiger charge is 2.46. The molecule has 2 fully saturated rings. The molecule has 2 aliphatic rings. The number of rotatable bonds is 49. The third-order valence-corrected chi connectivity index (χ3v) is 23.1. The molecule has 127 heavy (non-hydrogen) atoms. The Kier molecular flexibility index (Phi) is 37.9. The van der Waals surface area contributed by atoms with Gasteiger partial charge in [0, 0.05) is 113 Å². The number of aldehydes is 1. The summed E-state index contributed by atoms with van der Waals surface area (Å²) in [5.41, 5.74) is 9.23. The van der Waals surface area contributed by atoms with Crippen LogP contribution in [0.5, 0.6) is 5.75 Å². The maximum Gasteiger partial charge on any atom is 0.246 e. The van der Waals surface area contributed by atoms with Gasteiger partial charge in [-0.2, -0.15) is 0 Å². The molecule has 3 aromatic carbocycles. The summed E-state index contributed by atoms with van der Waals surface area (Å²) < 4.78 is 0. The SMILES string of the molecule is CCCC[C@@H](C(=O)N(C)[C@@H](CCCC)C(=O)N[C@@H](CC(C)C)C(=O)NCC(=O)NCCC=O)N(C)C(=O)[C@H](Cc1c[nH]c2ccccc12)NC(=O)CNC(=O)[C@H](Cc1c[nH]c2ccccc12)NC(=O)[C@@H]1C[C@@H](O)CN1C(=O)[C@H](CC(C)C)NC(=O)[C@H](Cc1c[nH]cn1)NC(=O)[C@@H]1CCCN1C(=O)[C@H](CC(N)=O)NC(=O)[C@H](C)N(C)C(=O)[C@H](Cc1ccc(O)cc1)NC. The number of aromatic hydroxyl groups is 1. The lowest BCUT2D eigenvalue weighted by Crippen LogP contribution is -2.60. The number of imidazole rings is 1. The van der Waals surface area contributed by atoms with Crippen LogP contribution in [0, 0.1) is 11.8 Å². The van der Waals surface area contributed by atoms with Gasteiger partial charge in [-0.3, -0.25) is 71.9 Å². The lowest BCUT2D eigenvalue weighted by Gasteiger charge is -2.36. The Morgan fingerprint density at radius 2 is 1.09 bits per heavy atom. The molecule has 13 atom stereocenters. The molecular formula is C89H126N20O18. The largest absolute Gasteiger partial charge is 0.508 e. The van der Waals surface area contributed by atoms with Crippen LogP contribution < -0.4 is 58.9 Å². The van der Waals surface area contributed by atoms with Gasteiger partial charge in [-0.1, -0.05) is 116 Å². The number of primary amides is 1. The van der Waals surface area contributed by atoms with Crippen LogP contribution in [0.1, 0.15) is 154 Å². The average molecular weight is 1760 g/mol. The van der Waals surface area contributed by atoms with E-state index in [4.69, 9.17) is 5.73 Å². The summed E-state index contributed by atoms with van der Waals surface area (Å²) in [6.07, 6.45) is 7.10. The lowest BCUT2D eigenvalue weighted by molar-refractivity contribution is -0.149. The number of benzene rings is 3. The molecule has 5 heterocycles. The maximum atomic E-state index is 15.4. The highest BCUT2D eigenvalue weighted by Crippen LogP contribution is 2.28. The normalized spacial score (nSPS) is 16.7. The molecule has 0 bridgehead atoms. The molecule has 0 saturated carbocycles. The second kappa shape index (κ2) is 48.2. The number of β-amino-alcohol motifs (C(OH)–C–C–N with tert-alkyl or cyclic N) is 1. The van der Waals surface area contributed by atoms with Crippen molar-refractivity contribution in [2.75, 3.05) is 60.9 Å². The second-order valence-electron chi connectivity index (χ2n) is 33.6. The Morgan fingerprint density at radius 1 is 0.559 bits per heavy atom. The summed E-state index contributed by atoms with van der Waals surface area (Å²) in [4.78, 5) is 246.